The topological polar surface area (TPSA) is 52.0 Å². The van der Waals surface area contributed by atoms with E-state index in [9.17, 15) is 0 Å². The third-order valence-corrected chi connectivity index (χ3v) is 1.97. The summed E-state index contributed by atoms with van der Waals surface area (Å²) >= 11 is 0. The molecule has 0 aromatic heterocycles. The Bertz CT molecular complexity index is 284. The summed E-state index contributed by atoms with van der Waals surface area (Å²) in [5, 5.41) is 0. The monoisotopic (exact) mass is 164 g/mol. The van der Waals surface area contributed by atoms with Gasteiger partial charge < -0.3 is 11.5 Å². The standard InChI is InChI=1S/C10H16N2/c1-7-4-5-8(2)9(6-7)10(3,11)12/h4-6H,11-12H2,1-3H3. The Labute approximate surface area is 73.6 Å². The van der Waals surface area contributed by atoms with Crippen LogP contribution in [0, 0.1) is 13.8 Å². The van der Waals surface area contributed by atoms with Gasteiger partial charge in [0.1, 0.15) is 0 Å². The van der Waals surface area contributed by atoms with Crippen LogP contribution in [0.3, 0.4) is 0 Å². The van der Waals surface area contributed by atoms with Gasteiger partial charge in [0.25, 0.3) is 0 Å². The number of aryl methyl sites for hydroxylation is 2. The Hall–Kier alpha value is -0.860. The van der Waals surface area contributed by atoms with E-state index in [0.29, 0.717) is 0 Å². The lowest BCUT2D eigenvalue weighted by Crippen LogP contribution is -2.43. The van der Waals surface area contributed by atoms with Gasteiger partial charge in [-0.05, 0) is 31.9 Å². The molecule has 0 aliphatic heterocycles. The number of hydrogen-bond acceptors (Lipinski definition) is 2. The molecule has 66 valence electrons. The first-order chi connectivity index (χ1) is 5.41. The van der Waals surface area contributed by atoms with Crippen LogP contribution in [0.1, 0.15) is 23.6 Å². The quantitative estimate of drug-likeness (QED) is 0.616. The van der Waals surface area contributed by atoms with E-state index in [0.717, 1.165) is 11.1 Å². The molecule has 2 heteroatoms. The molecule has 0 fully saturated rings. The molecule has 0 unspecified atom stereocenters. The summed E-state index contributed by atoms with van der Waals surface area (Å²) in [4.78, 5) is 0. The Balaban J connectivity index is 3.23. The van der Waals surface area contributed by atoms with Gasteiger partial charge >= 0.3 is 0 Å². The molecule has 1 aromatic carbocycles. The van der Waals surface area contributed by atoms with Crippen molar-refractivity contribution in [1.82, 2.24) is 0 Å². The zero-order valence-corrected chi connectivity index (χ0v) is 7.89. The maximum absolute atomic E-state index is 5.80. The molecule has 1 rings (SSSR count). The van der Waals surface area contributed by atoms with Gasteiger partial charge in [-0.25, -0.2) is 0 Å². The summed E-state index contributed by atoms with van der Waals surface area (Å²) in [5.41, 5.74) is 14.2. The second-order valence-corrected chi connectivity index (χ2v) is 3.60. The van der Waals surface area contributed by atoms with Gasteiger partial charge in [-0.1, -0.05) is 23.8 Å². The lowest BCUT2D eigenvalue weighted by atomic mass is 9.96. The van der Waals surface area contributed by atoms with Crippen LogP contribution in [-0.2, 0) is 5.66 Å². The smallest absolute Gasteiger partial charge is 0.0872 e. The first-order valence-electron chi connectivity index (χ1n) is 4.07. The third kappa shape index (κ3) is 1.84. The highest BCUT2D eigenvalue weighted by Gasteiger charge is 2.16. The van der Waals surface area contributed by atoms with Crippen LogP contribution in [0.2, 0.25) is 0 Å². The van der Waals surface area contributed by atoms with Crippen LogP contribution in [0.5, 0.6) is 0 Å². The lowest BCUT2D eigenvalue weighted by Gasteiger charge is -2.21. The van der Waals surface area contributed by atoms with E-state index in [2.05, 4.69) is 6.07 Å². The van der Waals surface area contributed by atoms with Crippen molar-refractivity contribution in [2.45, 2.75) is 26.4 Å². The Morgan fingerprint density at radius 3 is 2.17 bits per heavy atom. The molecule has 0 heterocycles. The van der Waals surface area contributed by atoms with Crippen molar-refractivity contribution in [2.75, 3.05) is 0 Å². The minimum absolute atomic E-state index is 0.726. The molecular formula is C10H16N2. The molecule has 0 aliphatic carbocycles. The largest absolute Gasteiger partial charge is 0.310 e. The minimum atomic E-state index is -0.726. The molecular weight excluding hydrogens is 148 g/mol. The van der Waals surface area contributed by atoms with E-state index in [1.807, 2.05) is 32.9 Å². The van der Waals surface area contributed by atoms with Crippen molar-refractivity contribution >= 4 is 0 Å². The predicted octanol–water partition coefficient (Wildman–Crippen LogP) is 1.39. The predicted molar refractivity (Wildman–Crippen MR) is 51.6 cm³/mol. The normalized spacial score (nSPS) is 11.8. The van der Waals surface area contributed by atoms with E-state index >= 15 is 0 Å². The van der Waals surface area contributed by atoms with Crippen LogP contribution >= 0.6 is 0 Å². The van der Waals surface area contributed by atoms with Crippen LogP contribution in [0.25, 0.3) is 0 Å². The van der Waals surface area contributed by atoms with Gasteiger partial charge in [0.05, 0.1) is 5.66 Å². The number of rotatable bonds is 1. The average molecular weight is 164 g/mol. The molecule has 0 saturated carbocycles. The van der Waals surface area contributed by atoms with Crippen molar-refractivity contribution < 1.29 is 0 Å². The Kier molecular flexibility index (Phi) is 2.22. The molecule has 0 atom stereocenters. The van der Waals surface area contributed by atoms with Crippen molar-refractivity contribution in [2.24, 2.45) is 11.5 Å². The number of hydrogen-bond donors (Lipinski definition) is 2. The van der Waals surface area contributed by atoms with Gasteiger partial charge in [0.15, 0.2) is 0 Å². The highest BCUT2D eigenvalue weighted by Crippen LogP contribution is 2.17. The summed E-state index contributed by atoms with van der Waals surface area (Å²) in [5.74, 6) is 0. The average Bonchev–Trinajstić information content (AvgIpc) is 1.92. The van der Waals surface area contributed by atoms with Crippen LogP contribution in [0.15, 0.2) is 18.2 Å². The highest BCUT2D eigenvalue weighted by atomic mass is 14.9. The number of benzene rings is 1. The fourth-order valence-corrected chi connectivity index (χ4v) is 1.32. The third-order valence-electron chi connectivity index (χ3n) is 1.97. The summed E-state index contributed by atoms with van der Waals surface area (Å²) in [6.45, 7) is 5.87. The summed E-state index contributed by atoms with van der Waals surface area (Å²) in [6.07, 6.45) is 0. The van der Waals surface area contributed by atoms with Gasteiger partial charge in [0.2, 0.25) is 0 Å². The van der Waals surface area contributed by atoms with Crippen LogP contribution < -0.4 is 11.5 Å². The maximum atomic E-state index is 5.80. The van der Waals surface area contributed by atoms with Crippen molar-refractivity contribution in [3.05, 3.63) is 34.9 Å². The molecule has 0 amide bonds. The second-order valence-electron chi connectivity index (χ2n) is 3.60. The molecule has 0 saturated heterocycles. The van der Waals surface area contributed by atoms with E-state index in [1.165, 1.54) is 5.56 Å². The van der Waals surface area contributed by atoms with Gasteiger partial charge in [0, 0.05) is 0 Å². The van der Waals surface area contributed by atoms with E-state index < -0.39 is 5.66 Å². The van der Waals surface area contributed by atoms with Gasteiger partial charge in [-0.2, -0.15) is 0 Å². The SMILES string of the molecule is Cc1ccc(C)c(C(C)(N)N)c1. The Morgan fingerprint density at radius 1 is 1.17 bits per heavy atom. The summed E-state index contributed by atoms with van der Waals surface area (Å²) in [7, 11) is 0. The molecule has 2 nitrogen and oxygen atoms in total. The first-order valence-corrected chi connectivity index (χ1v) is 4.07. The number of nitrogens with two attached hydrogens (primary N) is 2. The zero-order valence-electron chi connectivity index (χ0n) is 7.89. The highest BCUT2D eigenvalue weighted by molar-refractivity contribution is 5.34. The van der Waals surface area contributed by atoms with E-state index in [1.54, 1.807) is 0 Å². The maximum Gasteiger partial charge on any atom is 0.0872 e. The second kappa shape index (κ2) is 2.88. The lowest BCUT2D eigenvalue weighted by molar-refractivity contribution is 0.517. The minimum Gasteiger partial charge on any atom is -0.310 e. The van der Waals surface area contributed by atoms with Crippen LogP contribution in [-0.4, -0.2) is 0 Å². The Morgan fingerprint density at radius 2 is 1.75 bits per heavy atom. The molecule has 0 aliphatic rings. The van der Waals surface area contributed by atoms with Crippen molar-refractivity contribution in [3.8, 4) is 0 Å². The van der Waals surface area contributed by atoms with Gasteiger partial charge in [-0.3, -0.25) is 0 Å². The van der Waals surface area contributed by atoms with Crippen molar-refractivity contribution in [1.29, 1.82) is 0 Å². The molecule has 1 aromatic rings. The van der Waals surface area contributed by atoms with Gasteiger partial charge in [-0.15, -0.1) is 0 Å². The first kappa shape index (κ1) is 9.23. The fraction of sp³-hybridized carbons (Fsp3) is 0.400. The van der Waals surface area contributed by atoms with E-state index in [-0.39, 0.29) is 0 Å². The van der Waals surface area contributed by atoms with Crippen molar-refractivity contribution in [3.63, 3.8) is 0 Å². The van der Waals surface area contributed by atoms with E-state index in [4.69, 9.17) is 11.5 Å². The van der Waals surface area contributed by atoms with Crippen LogP contribution in [0.4, 0.5) is 0 Å². The fourth-order valence-electron chi connectivity index (χ4n) is 1.32. The zero-order chi connectivity index (χ0) is 9.35. The molecule has 0 bridgehead atoms. The summed E-state index contributed by atoms with van der Waals surface area (Å²) < 4.78 is 0. The molecule has 12 heavy (non-hydrogen) atoms. The molecule has 4 N–H and O–H groups in total. The molecule has 0 spiro atoms. The summed E-state index contributed by atoms with van der Waals surface area (Å²) in [6, 6.07) is 6.14. The molecule has 0 radical (unpaired) electrons.